The monoisotopic (exact) mass is 525 g/mol. The van der Waals surface area contributed by atoms with Crippen molar-refractivity contribution >= 4 is 17.9 Å². The van der Waals surface area contributed by atoms with Crippen LogP contribution in [0.2, 0.25) is 0 Å². The number of carbonyl (C=O) groups excluding carboxylic acids is 3. The van der Waals surface area contributed by atoms with Gasteiger partial charge in [0.1, 0.15) is 5.75 Å². The van der Waals surface area contributed by atoms with Crippen LogP contribution in [-0.4, -0.2) is 49.2 Å². The Morgan fingerprint density at radius 1 is 0.921 bits per heavy atom. The lowest BCUT2D eigenvalue weighted by atomic mass is 9.43. The number of esters is 1. The fourth-order valence-electron chi connectivity index (χ4n) is 8.73. The van der Waals surface area contributed by atoms with Crippen LogP contribution < -0.4 is 20.7 Å². The molecule has 5 saturated carbocycles. The number of nitrogens with one attached hydrogen (secondary N) is 3. The molecule has 5 aliphatic carbocycles. The van der Waals surface area contributed by atoms with Crippen molar-refractivity contribution in [2.45, 2.75) is 102 Å². The molecule has 208 valence electrons. The Hall–Kier alpha value is -2.77. The number of rotatable bonds is 8. The number of hydrogen-bond donors (Lipinski definition) is 3. The first kappa shape index (κ1) is 26.8. The zero-order valence-corrected chi connectivity index (χ0v) is 23.1. The van der Waals surface area contributed by atoms with Gasteiger partial charge in [0.05, 0.1) is 19.6 Å². The molecule has 8 heteroatoms. The number of hydrogen-bond acceptors (Lipinski definition) is 5. The van der Waals surface area contributed by atoms with Crippen molar-refractivity contribution in [1.82, 2.24) is 16.0 Å². The zero-order chi connectivity index (χ0) is 27.0. The molecule has 2 atom stereocenters. The molecule has 6 rings (SSSR count). The number of benzene rings is 1. The summed E-state index contributed by atoms with van der Waals surface area (Å²) in [7, 11) is 1.33. The molecule has 5 fully saturated rings. The van der Waals surface area contributed by atoms with Gasteiger partial charge in [-0.25, -0.2) is 4.79 Å². The van der Waals surface area contributed by atoms with Crippen LogP contribution in [0.15, 0.2) is 24.3 Å². The average Bonchev–Trinajstić information content (AvgIpc) is 2.83. The Balaban J connectivity index is 1.04. The van der Waals surface area contributed by atoms with Crippen LogP contribution in [0.3, 0.4) is 0 Å². The van der Waals surface area contributed by atoms with E-state index in [1.807, 2.05) is 0 Å². The molecule has 0 aliphatic heterocycles. The van der Waals surface area contributed by atoms with E-state index < -0.39 is 0 Å². The topological polar surface area (TPSA) is 106 Å². The molecule has 0 radical (unpaired) electrons. The second-order valence-corrected chi connectivity index (χ2v) is 13.2. The quantitative estimate of drug-likeness (QED) is 0.426. The largest absolute Gasteiger partial charge is 0.490 e. The molecule has 38 heavy (non-hydrogen) atoms. The van der Waals surface area contributed by atoms with E-state index in [1.165, 1.54) is 26.4 Å². The molecule has 1 aromatic carbocycles. The predicted molar refractivity (Wildman–Crippen MR) is 144 cm³/mol. The normalized spacial score (nSPS) is 35.3. The third-order valence-corrected chi connectivity index (χ3v) is 9.28. The summed E-state index contributed by atoms with van der Waals surface area (Å²) >= 11 is 0. The molecule has 0 spiro atoms. The highest BCUT2D eigenvalue weighted by Gasteiger charge is 2.60. The van der Waals surface area contributed by atoms with Crippen molar-refractivity contribution in [3.05, 3.63) is 29.8 Å². The van der Waals surface area contributed by atoms with Gasteiger partial charge in [-0.05, 0) is 105 Å². The van der Waals surface area contributed by atoms with Crippen molar-refractivity contribution in [2.75, 3.05) is 13.7 Å². The highest BCUT2D eigenvalue weighted by Crippen LogP contribution is 2.66. The molecule has 4 bridgehead atoms. The number of methoxy groups -OCH3 is 1. The predicted octanol–water partition coefficient (Wildman–Crippen LogP) is 4.72. The van der Waals surface area contributed by atoms with Crippen molar-refractivity contribution < 1.29 is 23.9 Å². The standard InChI is InChI=1S/C30H43N3O5/c1-28-14-20-15-29(2,17-28)19-30(16-20,18-28)33-27(36)32-22-6-10-24(11-7-22)38-23-8-4-21(5-9-23)26(35)31-13-12-25(34)37-3/h4-5,8-9,20,22,24H,6-7,10-19H2,1-3H3,(H,31,35)(H2,32,33,36)/t20?,22?,24?,28-,29-,30?/m1/s1. The van der Waals surface area contributed by atoms with Crippen LogP contribution >= 0.6 is 0 Å². The van der Waals surface area contributed by atoms with Crippen LogP contribution in [0, 0.1) is 16.7 Å². The first-order chi connectivity index (χ1) is 18.1. The van der Waals surface area contributed by atoms with Gasteiger partial charge in [0.15, 0.2) is 0 Å². The summed E-state index contributed by atoms with van der Waals surface area (Å²) in [5.74, 6) is 0.895. The van der Waals surface area contributed by atoms with E-state index in [4.69, 9.17) is 4.74 Å². The van der Waals surface area contributed by atoms with Gasteiger partial charge >= 0.3 is 12.0 Å². The van der Waals surface area contributed by atoms with Gasteiger partial charge in [0.25, 0.3) is 5.91 Å². The molecule has 0 unspecified atom stereocenters. The molecule has 0 saturated heterocycles. The molecule has 0 aromatic heterocycles. The molecule has 8 nitrogen and oxygen atoms in total. The highest BCUT2D eigenvalue weighted by atomic mass is 16.5. The first-order valence-electron chi connectivity index (χ1n) is 14.3. The van der Waals surface area contributed by atoms with Gasteiger partial charge in [-0.15, -0.1) is 0 Å². The average molecular weight is 526 g/mol. The molecule has 3 amide bonds. The van der Waals surface area contributed by atoms with Gasteiger partial charge in [0, 0.05) is 23.7 Å². The smallest absolute Gasteiger partial charge is 0.315 e. The van der Waals surface area contributed by atoms with Gasteiger partial charge in [-0.1, -0.05) is 13.8 Å². The number of amides is 3. The maximum atomic E-state index is 13.1. The number of ether oxygens (including phenoxy) is 2. The Morgan fingerprint density at radius 3 is 2.18 bits per heavy atom. The minimum Gasteiger partial charge on any atom is -0.490 e. The minimum absolute atomic E-state index is 0.00368. The fourth-order valence-corrected chi connectivity index (χ4v) is 8.73. The minimum atomic E-state index is -0.356. The van der Waals surface area contributed by atoms with Crippen molar-refractivity contribution in [2.24, 2.45) is 16.7 Å². The maximum Gasteiger partial charge on any atom is 0.315 e. The first-order valence-corrected chi connectivity index (χ1v) is 14.3. The second kappa shape index (κ2) is 10.4. The number of carbonyl (C=O) groups is 3. The van der Waals surface area contributed by atoms with Gasteiger partial charge in [0.2, 0.25) is 0 Å². The summed E-state index contributed by atoms with van der Waals surface area (Å²) in [6, 6.07) is 7.24. The fraction of sp³-hybridized carbons (Fsp3) is 0.700. The van der Waals surface area contributed by atoms with Gasteiger partial charge in [-0.2, -0.15) is 0 Å². The Labute approximate surface area is 226 Å². The van der Waals surface area contributed by atoms with Crippen molar-refractivity contribution in [3.8, 4) is 5.75 Å². The third kappa shape index (κ3) is 6.10. The van der Waals surface area contributed by atoms with E-state index in [2.05, 4.69) is 34.5 Å². The summed E-state index contributed by atoms with van der Waals surface area (Å²) in [6.07, 6.45) is 11.1. The van der Waals surface area contributed by atoms with E-state index >= 15 is 0 Å². The molecule has 1 aromatic rings. The SMILES string of the molecule is COC(=O)CCNC(=O)c1ccc(OC2CCC(NC(=O)NC34CC5C[C@@](C)(C3)C[C@@](C)(C5)C4)CC2)cc1. The van der Waals surface area contributed by atoms with E-state index in [1.54, 1.807) is 24.3 Å². The molecule has 3 N–H and O–H groups in total. The lowest BCUT2D eigenvalue weighted by molar-refractivity contribution is -0.140. The van der Waals surface area contributed by atoms with Gasteiger partial charge in [-0.3, -0.25) is 9.59 Å². The van der Waals surface area contributed by atoms with Crippen LogP contribution in [0.4, 0.5) is 4.79 Å². The molecular formula is C30H43N3O5. The summed E-state index contributed by atoms with van der Waals surface area (Å²) in [4.78, 5) is 36.5. The van der Waals surface area contributed by atoms with Crippen molar-refractivity contribution in [3.63, 3.8) is 0 Å². The summed E-state index contributed by atoms with van der Waals surface area (Å²) < 4.78 is 10.7. The molecule has 0 heterocycles. The van der Waals surface area contributed by atoms with E-state index in [0.29, 0.717) is 16.4 Å². The Kier molecular flexibility index (Phi) is 7.35. The summed E-state index contributed by atoms with van der Waals surface area (Å²) in [6.45, 7) is 5.10. The Morgan fingerprint density at radius 2 is 1.58 bits per heavy atom. The lowest BCUT2D eigenvalue weighted by Gasteiger charge is -2.65. The van der Waals surface area contributed by atoms with E-state index in [0.717, 1.165) is 56.6 Å². The maximum absolute atomic E-state index is 13.1. The van der Waals surface area contributed by atoms with Gasteiger partial charge < -0.3 is 25.4 Å². The molecular weight excluding hydrogens is 482 g/mol. The highest BCUT2D eigenvalue weighted by molar-refractivity contribution is 5.94. The lowest BCUT2D eigenvalue weighted by Crippen LogP contribution is -2.66. The van der Waals surface area contributed by atoms with Crippen LogP contribution in [0.25, 0.3) is 0 Å². The second-order valence-electron chi connectivity index (χ2n) is 13.2. The Bertz CT molecular complexity index is 1030. The van der Waals surface area contributed by atoms with Crippen LogP contribution in [0.1, 0.15) is 94.8 Å². The number of urea groups is 1. The third-order valence-electron chi connectivity index (χ3n) is 9.28. The zero-order valence-electron chi connectivity index (χ0n) is 23.1. The van der Waals surface area contributed by atoms with Crippen LogP contribution in [-0.2, 0) is 9.53 Å². The van der Waals surface area contributed by atoms with E-state index in [-0.39, 0.29) is 48.6 Å². The summed E-state index contributed by atoms with van der Waals surface area (Å²) in [5.41, 5.74) is 1.24. The molecule has 5 aliphatic rings. The van der Waals surface area contributed by atoms with Crippen LogP contribution in [0.5, 0.6) is 5.75 Å². The summed E-state index contributed by atoms with van der Waals surface area (Å²) in [5, 5.41) is 9.45. The van der Waals surface area contributed by atoms with E-state index in [9.17, 15) is 14.4 Å². The van der Waals surface area contributed by atoms with Crippen molar-refractivity contribution in [1.29, 1.82) is 0 Å².